The highest BCUT2D eigenvalue weighted by atomic mass is 19.4. The van der Waals surface area contributed by atoms with Crippen molar-refractivity contribution >= 4 is 29.8 Å². The van der Waals surface area contributed by atoms with Crippen molar-refractivity contribution in [3.05, 3.63) is 173 Å². The molecule has 3 amide bonds. The van der Waals surface area contributed by atoms with Gasteiger partial charge >= 0.3 is 30.1 Å². The molecule has 2 fully saturated rings. The summed E-state index contributed by atoms with van der Waals surface area (Å²) in [6, 6.07) is 38.9. The molecule has 2 heterocycles. The number of esters is 2. The first-order valence-electron chi connectivity index (χ1n) is 26.3. The number of amides is 3. The number of nitrogens with one attached hydrogen (secondary N) is 3. The van der Waals surface area contributed by atoms with Crippen LogP contribution in [0.2, 0.25) is 0 Å². The zero-order valence-electron chi connectivity index (χ0n) is 45.7. The molecule has 0 spiro atoms. The third-order valence-corrected chi connectivity index (χ3v) is 12.9. The van der Waals surface area contributed by atoms with E-state index in [9.17, 15) is 37.1 Å². The molecule has 11 atom stereocenters. The summed E-state index contributed by atoms with van der Waals surface area (Å²) in [6.07, 6.45) is -16.4. The molecule has 0 unspecified atom stereocenters. The van der Waals surface area contributed by atoms with Gasteiger partial charge in [-0.15, -0.1) is 0 Å². The Bertz CT molecular complexity index is 2790. The van der Waals surface area contributed by atoms with Crippen LogP contribution < -0.4 is 20.7 Å². The molecule has 434 valence electrons. The minimum absolute atomic E-state index is 0.00354. The zero-order valence-corrected chi connectivity index (χ0v) is 45.7. The highest BCUT2D eigenvalue weighted by Gasteiger charge is 2.53. The SMILES string of the molecule is COC(=O)[C@H](NC(=O)[C@H](Cc1ccccc1)NC(=O)OC(C)(C)C)c1ccc(O[C@@H]2O[C@H](COCc3ccccc3)[C@@H](OCc3ccccc3)[C@H](OCc3ccccc3)[C@H]2O[C@H]2C[C@H](NC(=O)C(F)(F)F)[C@@H](OC(C)=O)[C@H](C)O2)cc1. The van der Waals surface area contributed by atoms with Gasteiger partial charge in [-0.05, 0) is 67.6 Å². The number of carbonyl (C=O) groups is 5. The smallest absolute Gasteiger partial charge is 0.467 e. The topological polar surface area (TPSA) is 214 Å². The molecule has 81 heavy (non-hydrogen) atoms. The molecule has 0 saturated carbocycles. The van der Waals surface area contributed by atoms with Crippen LogP contribution in [0.3, 0.4) is 0 Å². The molecule has 2 aliphatic rings. The molecule has 0 radical (unpaired) electrons. The van der Waals surface area contributed by atoms with E-state index in [-0.39, 0.29) is 44.2 Å². The van der Waals surface area contributed by atoms with Gasteiger partial charge < -0.3 is 63.3 Å². The minimum Gasteiger partial charge on any atom is -0.467 e. The fraction of sp³-hybridized carbons (Fsp3) is 0.417. The number of benzene rings is 5. The average molecular weight is 1130 g/mol. The van der Waals surface area contributed by atoms with E-state index in [1.807, 2.05) is 102 Å². The van der Waals surface area contributed by atoms with Gasteiger partial charge in [-0.2, -0.15) is 13.2 Å². The predicted molar refractivity (Wildman–Crippen MR) is 285 cm³/mol. The number of alkyl halides is 3. The molecule has 7 rings (SSSR count). The maximum atomic E-state index is 14.1. The lowest BCUT2D eigenvalue weighted by atomic mass is 9.96. The number of halogens is 3. The molecule has 2 aliphatic heterocycles. The highest BCUT2D eigenvalue weighted by molar-refractivity contribution is 5.90. The van der Waals surface area contributed by atoms with Crippen LogP contribution in [0.4, 0.5) is 18.0 Å². The summed E-state index contributed by atoms with van der Waals surface area (Å²) in [5.41, 5.74) is 2.52. The lowest BCUT2D eigenvalue weighted by molar-refractivity contribution is -0.343. The second-order valence-corrected chi connectivity index (χ2v) is 20.4. The van der Waals surface area contributed by atoms with E-state index in [1.54, 1.807) is 45.0 Å². The van der Waals surface area contributed by atoms with Gasteiger partial charge in [-0.3, -0.25) is 14.4 Å². The number of carbonyl (C=O) groups excluding carboxylic acids is 5. The van der Waals surface area contributed by atoms with Crippen LogP contribution in [0.15, 0.2) is 146 Å². The highest BCUT2D eigenvalue weighted by Crippen LogP contribution is 2.36. The van der Waals surface area contributed by atoms with Crippen LogP contribution >= 0.6 is 0 Å². The quantitative estimate of drug-likeness (QED) is 0.0416. The van der Waals surface area contributed by atoms with Crippen molar-refractivity contribution < 1.29 is 84.5 Å². The number of alkyl carbamates (subject to hydrolysis) is 1. The van der Waals surface area contributed by atoms with Crippen molar-refractivity contribution in [1.29, 1.82) is 0 Å². The Labute approximate surface area is 468 Å². The summed E-state index contributed by atoms with van der Waals surface area (Å²) in [7, 11) is 1.16. The Morgan fingerprint density at radius 3 is 1.74 bits per heavy atom. The fourth-order valence-electron chi connectivity index (χ4n) is 9.13. The van der Waals surface area contributed by atoms with Crippen LogP contribution in [0, 0.1) is 0 Å². The molecule has 18 nitrogen and oxygen atoms in total. The standard InChI is InChI=1S/C60H68F3N3O15/c1-37-50(77-38(2)67)45(64-57(70)60(61,62)63)32-48(76-37)80-53-52(75-35-42-25-17-10-18-26-42)51(74-34-41-23-15-9-16-24-41)47(36-73-33-40-21-13-8-14-22-40)79-56(53)78-44-29-27-43(28-30-44)49(55(69)72-6)66-54(68)46(31-39-19-11-7-12-20-39)65-58(71)81-59(3,4)5/h7-30,37,45-53,56H,31-36H2,1-6H3,(H,64,70)(H,65,71)(H,66,68)/t37-,45-,46-,47+,48-,49+,50-,51+,52-,53+,56+/m0/s1. The monoisotopic (exact) mass is 1130 g/mol. The first-order valence-corrected chi connectivity index (χ1v) is 26.3. The van der Waals surface area contributed by atoms with Crippen LogP contribution in [-0.4, -0.2) is 117 Å². The summed E-state index contributed by atoms with van der Waals surface area (Å²) in [5, 5.41) is 7.31. The van der Waals surface area contributed by atoms with Crippen molar-refractivity contribution in [2.75, 3.05) is 13.7 Å². The third-order valence-electron chi connectivity index (χ3n) is 12.9. The van der Waals surface area contributed by atoms with Gasteiger partial charge in [0, 0.05) is 19.8 Å². The van der Waals surface area contributed by atoms with E-state index in [4.69, 9.17) is 47.4 Å². The number of hydrogen-bond acceptors (Lipinski definition) is 15. The molecular formula is C60H68F3N3O15. The van der Waals surface area contributed by atoms with Gasteiger partial charge in [-0.25, -0.2) is 9.59 Å². The Balaban J connectivity index is 1.24. The maximum absolute atomic E-state index is 14.1. The van der Waals surface area contributed by atoms with E-state index in [0.717, 1.165) is 30.7 Å². The largest absolute Gasteiger partial charge is 0.471 e. The third kappa shape index (κ3) is 18.6. The molecule has 0 bridgehead atoms. The summed E-state index contributed by atoms with van der Waals surface area (Å²) >= 11 is 0. The first kappa shape index (κ1) is 61.2. The minimum atomic E-state index is -5.28. The van der Waals surface area contributed by atoms with E-state index in [1.165, 1.54) is 31.2 Å². The molecule has 3 N–H and O–H groups in total. The lowest BCUT2D eigenvalue weighted by Gasteiger charge is -2.48. The summed E-state index contributed by atoms with van der Waals surface area (Å²) in [6.45, 7) is 7.74. The van der Waals surface area contributed by atoms with E-state index < -0.39 is 115 Å². The van der Waals surface area contributed by atoms with E-state index in [2.05, 4.69) is 10.6 Å². The van der Waals surface area contributed by atoms with Crippen molar-refractivity contribution in [2.45, 2.75) is 146 Å². The van der Waals surface area contributed by atoms with Gasteiger partial charge in [0.2, 0.25) is 12.2 Å². The fourth-order valence-corrected chi connectivity index (χ4v) is 9.13. The van der Waals surface area contributed by atoms with Crippen LogP contribution in [0.25, 0.3) is 0 Å². The van der Waals surface area contributed by atoms with Gasteiger partial charge in [0.25, 0.3) is 0 Å². The number of hydrogen-bond donors (Lipinski definition) is 3. The lowest BCUT2D eigenvalue weighted by Crippen LogP contribution is -2.64. The molecule has 21 heteroatoms. The Morgan fingerprint density at radius 2 is 1.21 bits per heavy atom. The Hall–Kier alpha value is -7.40. The van der Waals surface area contributed by atoms with Crippen LogP contribution in [-0.2, 0) is 88.1 Å². The van der Waals surface area contributed by atoms with Crippen molar-refractivity contribution in [3.63, 3.8) is 0 Å². The Kier molecular flexibility index (Phi) is 21.8. The van der Waals surface area contributed by atoms with Gasteiger partial charge in [0.05, 0.1) is 45.7 Å². The van der Waals surface area contributed by atoms with Crippen molar-refractivity contribution in [1.82, 2.24) is 16.0 Å². The second-order valence-electron chi connectivity index (χ2n) is 20.4. The van der Waals surface area contributed by atoms with Gasteiger partial charge in [0.1, 0.15) is 41.8 Å². The number of ether oxygens (including phenoxy) is 10. The van der Waals surface area contributed by atoms with Crippen molar-refractivity contribution in [2.24, 2.45) is 0 Å². The van der Waals surface area contributed by atoms with Gasteiger partial charge in [-0.1, -0.05) is 133 Å². The molecule has 5 aromatic rings. The molecule has 5 aromatic carbocycles. The van der Waals surface area contributed by atoms with E-state index >= 15 is 0 Å². The maximum Gasteiger partial charge on any atom is 0.471 e. The van der Waals surface area contributed by atoms with Gasteiger partial charge in [0.15, 0.2) is 18.4 Å². The predicted octanol–water partition coefficient (Wildman–Crippen LogP) is 8.14. The van der Waals surface area contributed by atoms with Crippen LogP contribution in [0.1, 0.15) is 74.9 Å². The zero-order chi connectivity index (χ0) is 58.1. The molecule has 0 aliphatic carbocycles. The van der Waals surface area contributed by atoms with Crippen molar-refractivity contribution in [3.8, 4) is 5.75 Å². The Morgan fingerprint density at radius 1 is 0.667 bits per heavy atom. The second kappa shape index (κ2) is 28.8. The average Bonchev–Trinajstić information content (AvgIpc) is 3.50. The molecule has 2 saturated heterocycles. The molecular weight excluding hydrogens is 1060 g/mol. The van der Waals surface area contributed by atoms with E-state index in [0.29, 0.717) is 5.56 Å². The summed E-state index contributed by atoms with van der Waals surface area (Å²) in [5.74, 6) is -4.51. The first-order chi connectivity index (χ1) is 38.7. The molecule has 0 aromatic heterocycles. The normalized spacial score (nSPS) is 22.7. The number of rotatable bonds is 23. The van der Waals surface area contributed by atoms with Crippen LogP contribution in [0.5, 0.6) is 5.75 Å². The summed E-state index contributed by atoms with van der Waals surface area (Å²) < 4.78 is 104. The summed E-state index contributed by atoms with van der Waals surface area (Å²) in [4.78, 5) is 65.4. The number of methoxy groups -OCH3 is 1.